The van der Waals surface area contributed by atoms with Crippen molar-refractivity contribution in [1.29, 1.82) is 0 Å². The molecule has 0 fully saturated rings. The molecule has 2 aromatic rings. The molecule has 0 saturated carbocycles. The molecule has 1 aromatic carbocycles. The van der Waals surface area contributed by atoms with Gasteiger partial charge in [0.15, 0.2) is 0 Å². The molecule has 2 rings (SSSR count). The zero-order valence-corrected chi connectivity index (χ0v) is 12.4. The van der Waals surface area contributed by atoms with E-state index in [1.54, 1.807) is 31.2 Å². The molecule has 0 bridgehead atoms. The Bertz CT molecular complexity index is 694. The van der Waals surface area contributed by atoms with Crippen molar-refractivity contribution in [3.05, 3.63) is 50.9 Å². The maximum atomic E-state index is 12.1. The summed E-state index contributed by atoms with van der Waals surface area (Å²) in [7, 11) is 0. The minimum Gasteiger partial charge on any atom is -0.477 e. The lowest BCUT2D eigenvalue weighted by Gasteiger charge is -2.05. The molecule has 0 atom stereocenters. The quantitative estimate of drug-likeness (QED) is 0.901. The third kappa shape index (κ3) is 3.00. The number of hydrogen-bond donors (Lipinski definition) is 2. The summed E-state index contributed by atoms with van der Waals surface area (Å²) < 4.78 is 0. The lowest BCUT2D eigenvalue weighted by atomic mass is 10.1. The van der Waals surface area contributed by atoms with Crippen molar-refractivity contribution in [2.45, 2.75) is 13.8 Å². The lowest BCUT2D eigenvalue weighted by molar-refractivity contribution is 0.0701. The fourth-order valence-corrected chi connectivity index (χ4v) is 2.97. The normalized spacial score (nSPS) is 10.3. The second-order valence-corrected chi connectivity index (χ2v) is 5.82. The molecule has 0 saturated heterocycles. The van der Waals surface area contributed by atoms with E-state index in [0.29, 0.717) is 21.2 Å². The van der Waals surface area contributed by atoms with E-state index in [1.165, 1.54) is 0 Å². The summed E-state index contributed by atoms with van der Waals surface area (Å²) in [4.78, 5) is 23.3. The smallest absolute Gasteiger partial charge is 0.346 e. The van der Waals surface area contributed by atoms with Crippen molar-refractivity contribution in [1.82, 2.24) is 0 Å². The molecule has 0 aliphatic rings. The molecule has 6 heteroatoms. The van der Waals surface area contributed by atoms with Crippen LogP contribution in [0.4, 0.5) is 5.00 Å². The molecule has 0 radical (unpaired) electrons. The summed E-state index contributed by atoms with van der Waals surface area (Å²) in [5.74, 6) is -1.35. The number of anilines is 1. The number of nitrogens with one attached hydrogen (secondary N) is 1. The Morgan fingerprint density at radius 1 is 1.25 bits per heavy atom. The standard InChI is InChI=1S/C14H12ClNO3S/c1-7-3-4-9(10(15)5-7)13(17)16-11-6-8(2)12(20-11)14(18)19/h3-6H,1-2H3,(H,16,17)(H,18,19). The summed E-state index contributed by atoms with van der Waals surface area (Å²) in [6.07, 6.45) is 0. The van der Waals surface area contributed by atoms with Gasteiger partial charge in [-0.25, -0.2) is 4.79 Å². The summed E-state index contributed by atoms with van der Waals surface area (Å²) in [5.41, 5.74) is 1.94. The predicted octanol–water partition coefficient (Wildman–Crippen LogP) is 3.97. The maximum absolute atomic E-state index is 12.1. The molecule has 1 heterocycles. The van der Waals surface area contributed by atoms with Gasteiger partial charge in [0.25, 0.3) is 5.91 Å². The van der Waals surface area contributed by atoms with Crippen LogP contribution < -0.4 is 5.32 Å². The number of carboxylic acids is 1. The highest BCUT2D eigenvalue weighted by atomic mass is 35.5. The van der Waals surface area contributed by atoms with Gasteiger partial charge >= 0.3 is 5.97 Å². The molecule has 0 aliphatic carbocycles. The van der Waals surface area contributed by atoms with Crippen LogP contribution in [0.3, 0.4) is 0 Å². The van der Waals surface area contributed by atoms with E-state index >= 15 is 0 Å². The second-order valence-electron chi connectivity index (χ2n) is 4.37. The minimum atomic E-state index is -0.999. The number of carbonyl (C=O) groups excluding carboxylic acids is 1. The Balaban J connectivity index is 2.23. The number of carboxylic acid groups (broad SMARTS) is 1. The van der Waals surface area contributed by atoms with Gasteiger partial charge in [0.1, 0.15) is 4.88 Å². The van der Waals surface area contributed by atoms with Gasteiger partial charge in [-0.2, -0.15) is 0 Å². The summed E-state index contributed by atoms with van der Waals surface area (Å²) in [6, 6.07) is 6.78. The molecule has 4 nitrogen and oxygen atoms in total. The van der Waals surface area contributed by atoms with Crippen LogP contribution in [-0.4, -0.2) is 17.0 Å². The number of aromatic carboxylic acids is 1. The average molecular weight is 310 g/mol. The molecule has 20 heavy (non-hydrogen) atoms. The molecule has 0 spiro atoms. The number of thiophene rings is 1. The predicted molar refractivity (Wildman–Crippen MR) is 80.2 cm³/mol. The van der Waals surface area contributed by atoms with E-state index < -0.39 is 5.97 Å². The van der Waals surface area contributed by atoms with Crippen molar-refractivity contribution < 1.29 is 14.7 Å². The molecule has 0 unspecified atom stereocenters. The van der Waals surface area contributed by atoms with Crippen LogP contribution in [0.25, 0.3) is 0 Å². The van der Waals surface area contributed by atoms with E-state index in [9.17, 15) is 9.59 Å². The fraction of sp³-hybridized carbons (Fsp3) is 0.143. The van der Waals surface area contributed by atoms with Crippen LogP contribution in [0.15, 0.2) is 24.3 Å². The number of aryl methyl sites for hydroxylation is 2. The van der Waals surface area contributed by atoms with Gasteiger partial charge in [0.05, 0.1) is 15.6 Å². The third-order valence-corrected chi connectivity index (χ3v) is 4.17. The highest BCUT2D eigenvalue weighted by molar-refractivity contribution is 7.18. The Hall–Kier alpha value is -1.85. The van der Waals surface area contributed by atoms with Gasteiger partial charge in [-0.05, 0) is 43.2 Å². The first kappa shape index (κ1) is 14.6. The van der Waals surface area contributed by atoms with Crippen LogP contribution in [0.1, 0.15) is 31.2 Å². The Morgan fingerprint density at radius 3 is 2.50 bits per heavy atom. The molecular weight excluding hydrogens is 298 g/mol. The minimum absolute atomic E-state index is 0.218. The van der Waals surface area contributed by atoms with Crippen molar-refractivity contribution in [2.24, 2.45) is 0 Å². The number of carbonyl (C=O) groups is 2. The van der Waals surface area contributed by atoms with Crippen LogP contribution >= 0.6 is 22.9 Å². The second kappa shape index (κ2) is 5.64. The highest BCUT2D eigenvalue weighted by Gasteiger charge is 2.15. The average Bonchev–Trinajstić information content (AvgIpc) is 2.70. The molecule has 2 N–H and O–H groups in total. The van der Waals surface area contributed by atoms with Gasteiger partial charge in [-0.1, -0.05) is 17.7 Å². The molecule has 1 amide bonds. The van der Waals surface area contributed by atoms with Crippen LogP contribution in [0.5, 0.6) is 0 Å². The number of amides is 1. The van der Waals surface area contributed by atoms with Gasteiger partial charge in [0, 0.05) is 0 Å². The van der Waals surface area contributed by atoms with E-state index in [1.807, 2.05) is 6.92 Å². The molecule has 0 aliphatic heterocycles. The van der Waals surface area contributed by atoms with E-state index in [0.717, 1.165) is 16.9 Å². The first-order chi connectivity index (χ1) is 9.38. The topological polar surface area (TPSA) is 66.4 Å². The SMILES string of the molecule is Cc1ccc(C(=O)Nc2cc(C)c(C(=O)O)s2)c(Cl)c1. The first-order valence-electron chi connectivity index (χ1n) is 5.79. The third-order valence-electron chi connectivity index (χ3n) is 2.72. The Kier molecular flexibility index (Phi) is 4.11. The summed E-state index contributed by atoms with van der Waals surface area (Å²) in [6.45, 7) is 3.57. The van der Waals surface area contributed by atoms with Crippen molar-refractivity contribution >= 4 is 39.8 Å². The Morgan fingerprint density at radius 2 is 1.95 bits per heavy atom. The first-order valence-corrected chi connectivity index (χ1v) is 6.99. The highest BCUT2D eigenvalue weighted by Crippen LogP contribution is 2.27. The van der Waals surface area contributed by atoms with Gasteiger partial charge in [-0.3, -0.25) is 4.79 Å². The zero-order valence-electron chi connectivity index (χ0n) is 10.9. The summed E-state index contributed by atoms with van der Waals surface area (Å²) in [5, 5.41) is 12.5. The van der Waals surface area contributed by atoms with Crippen LogP contribution in [-0.2, 0) is 0 Å². The lowest BCUT2D eigenvalue weighted by Crippen LogP contribution is -2.11. The van der Waals surface area contributed by atoms with E-state index in [4.69, 9.17) is 16.7 Å². The zero-order chi connectivity index (χ0) is 14.9. The number of hydrogen-bond acceptors (Lipinski definition) is 3. The number of benzene rings is 1. The largest absolute Gasteiger partial charge is 0.477 e. The fourth-order valence-electron chi connectivity index (χ4n) is 1.74. The monoisotopic (exact) mass is 309 g/mol. The molecular formula is C14H12ClNO3S. The number of rotatable bonds is 3. The van der Waals surface area contributed by atoms with Crippen LogP contribution in [0, 0.1) is 13.8 Å². The van der Waals surface area contributed by atoms with Crippen molar-refractivity contribution in [2.75, 3.05) is 5.32 Å². The van der Waals surface area contributed by atoms with E-state index in [-0.39, 0.29) is 10.8 Å². The molecule has 104 valence electrons. The van der Waals surface area contributed by atoms with Gasteiger partial charge in [0.2, 0.25) is 0 Å². The Labute approximate surface area is 125 Å². The summed E-state index contributed by atoms with van der Waals surface area (Å²) >= 11 is 7.05. The number of halogens is 1. The van der Waals surface area contributed by atoms with Gasteiger partial charge < -0.3 is 10.4 Å². The van der Waals surface area contributed by atoms with Crippen LogP contribution in [0.2, 0.25) is 5.02 Å². The molecule has 1 aromatic heterocycles. The van der Waals surface area contributed by atoms with E-state index in [2.05, 4.69) is 5.32 Å². The van der Waals surface area contributed by atoms with Crippen molar-refractivity contribution in [3.8, 4) is 0 Å². The maximum Gasteiger partial charge on any atom is 0.346 e. The van der Waals surface area contributed by atoms with Crippen molar-refractivity contribution in [3.63, 3.8) is 0 Å². The van der Waals surface area contributed by atoms with Gasteiger partial charge in [-0.15, -0.1) is 11.3 Å².